The van der Waals surface area contributed by atoms with Crippen LogP contribution in [-0.2, 0) is 14.1 Å². The summed E-state index contributed by atoms with van der Waals surface area (Å²) in [5.74, 6) is 1.10. The summed E-state index contributed by atoms with van der Waals surface area (Å²) < 4.78 is 8.10. The van der Waals surface area contributed by atoms with Crippen LogP contribution >= 0.6 is 0 Å². The molecule has 0 bridgehead atoms. The van der Waals surface area contributed by atoms with Crippen molar-refractivity contribution in [1.82, 2.24) is 14.0 Å². The molecule has 0 aliphatic heterocycles. The lowest BCUT2D eigenvalue weighted by molar-refractivity contribution is -0.384. The van der Waals surface area contributed by atoms with E-state index < -0.39 is 4.92 Å². The van der Waals surface area contributed by atoms with E-state index in [1.165, 1.54) is 29.8 Å². The number of hydrogen-bond acceptors (Lipinski definition) is 7. The van der Waals surface area contributed by atoms with Gasteiger partial charge in [0.2, 0.25) is 0 Å². The minimum atomic E-state index is -0.442. The fourth-order valence-electron chi connectivity index (χ4n) is 2.81. The minimum Gasteiger partial charge on any atom is -0.494 e. The van der Waals surface area contributed by atoms with Gasteiger partial charge in [-0.25, -0.2) is 4.79 Å². The highest BCUT2D eigenvalue weighted by Gasteiger charge is 2.07. The van der Waals surface area contributed by atoms with Crippen LogP contribution in [0.25, 0.3) is 0 Å². The molecule has 0 amide bonds. The lowest BCUT2D eigenvalue weighted by Crippen LogP contribution is -2.38. The van der Waals surface area contributed by atoms with E-state index in [2.05, 4.69) is 17.1 Å². The molecule has 1 heterocycles. The van der Waals surface area contributed by atoms with Gasteiger partial charge in [0.05, 0.1) is 11.5 Å². The molecule has 0 unspecified atom stereocenters. The molecule has 10 nitrogen and oxygen atoms in total. The van der Waals surface area contributed by atoms with Crippen molar-refractivity contribution in [3.8, 4) is 5.75 Å². The monoisotopic (exact) mass is 405 g/mol. The molecule has 2 rings (SSSR count). The summed E-state index contributed by atoms with van der Waals surface area (Å²) in [6.07, 6.45) is 0.801. The first-order valence-electron chi connectivity index (χ1n) is 9.44. The standard InChI is InChI=1S/C19H27N5O5/c1-4-23(11-5-13-29-16-8-6-15(7-9-16)24(27)28)12-10-20-17-14-18(25)22(3)19(26)21(17)2/h6-9,14,20H,4-5,10-13H2,1-3H3. The summed E-state index contributed by atoms with van der Waals surface area (Å²) in [4.78, 5) is 36.1. The number of hydrogen-bond donors (Lipinski definition) is 1. The van der Waals surface area contributed by atoms with Gasteiger partial charge in [0.1, 0.15) is 11.6 Å². The quantitative estimate of drug-likeness (QED) is 0.340. The van der Waals surface area contributed by atoms with E-state index in [4.69, 9.17) is 4.74 Å². The number of nitrogens with one attached hydrogen (secondary N) is 1. The highest BCUT2D eigenvalue weighted by Crippen LogP contribution is 2.17. The second-order valence-corrected chi connectivity index (χ2v) is 6.58. The van der Waals surface area contributed by atoms with Gasteiger partial charge in [-0.05, 0) is 25.1 Å². The van der Waals surface area contributed by atoms with Crippen LogP contribution in [0.4, 0.5) is 11.5 Å². The molecule has 1 aromatic heterocycles. The Balaban J connectivity index is 1.75. The number of nitro groups is 1. The molecular weight excluding hydrogens is 378 g/mol. The Labute approximate surface area is 168 Å². The van der Waals surface area contributed by atoms with Crippen LogP contribution in [0.15, 0.2) is 39.9 Å². The van der Waals surface area contributed by atoms with Crippen molar-refractivity contribution in [3.05, 3.63) is 61.3 Å². The Morgan fingerprint density at radius 2 is 1.83 bits per heavy atom. The molecule has 0 spiro atoms. The van der Waals surface area contributed by atoms with Gasteiger partial charge in [-0.15, -0.1) is 0 Å². The summed E-state index contributed by atoms with van der Waals surface area (Å²) in [7, 11) is 3.07. The molecule has 1 aromatic carbocycles. The average molecular weight is 405 g/mol. The zero-order valence-corrected chi connectivity index (χ0v) is 17.0. The van der Waals surface area contributed by atoms with Crippen molar-refractivity contribution in [2.45, 2.75) is 13.3 Å². The predicted octanol–water partition coefficient (Wildman–Crippen LogP) is 1.20. The second kappa shape index (κ2) is 10.4. The lowest BCUT2D eigenvalue weighted by atomic mass is 10.3. The summed E-state index contributed by atoms with van der Waals surface area (Å²) in [5, 5.41) is 13.8. The van der Waals surface area contributed by atoms with Gasteiger partial charge in [-0.3, -0.25) is 24.0 Å². The third kappa shape index (κ3) is 6.18. The van der Waals surface area contributed by atoms with Crippen molar-refractivity contribution in [2.24, 2.45) is 14.1 Å². The van der Waals surface area contributed by atoms with E-state index in [0.29, 0.717) is 24.7 Å². The van der Waals surface area contributed by atoms with Crippen LogP contribution in [0.3, 0.4) is 0 Å². The molecule has 1 N–H and O–H groups in total. The van der Waals surface area contributed by atoms with Crippen LogP contribution in [0.2, 0.25) is 0 Å². The lowest BCUT2D eigenvalue weighted by Gasteiger charge is -2.21. The van der Waals surface area contributed by atoms with Gasteiger partial charge < -0.3 is 15.0 Å². The maximum Gasteiger partial charge on any atom is 0.332 e. The molecule has 0 aliphatic carbocycles. The topological polar surface area (TPSA) is 112 Å². The van der Waals surface area contributed by atoms with E-state index in [1.54, 1.807) is 19.2 Å². The Hall–Kier alpha value is -3.14. The number of likely N-dealkylation sites (N-methyl/N-ethyl adjacent to an activating group) is 1. The van der Waals surface area contributed by atoms with Gasteiger partial charge in [0.15, 0.2) is 0 Å². The zero-order valence-electron chi connectivity index (χ0n) is 17.0. The Kier molecular flexibility index (Phi) is 7.96. The van der Waals surface area contributed by atoms with Gasteiger partial charge in [-0.1, -0.05) is 6.92 Å². The maximum absolute atomic E-state index is 11.9. The smallest absolute Gasteiger partial charge is 0.332 e. The van der Waals surface area contributed by atoms with E-state index in [1.807, 2.05) is 0 Å². The van der Waals surface area contributed by atoms with Gasteiger partial charge in [0, 0.05) is 51.9 Å². The fourth-order valence-corrected chi connectivity index (χ4v) is 2.81. The first-order valence-corrected chi connectivity index (χ1v) is 9.44. The molecule has 0 saturated carbocycles. The molecule has 10 heteroatoms. The predicted molar refractivity (Wildman–Crippen MR) is 111 cm³/mol. The third-order valence-corrected chi connectivity index (χ3v) is 4.64. The molecule has 29 heavy (non-hydrogen) atoms. The van der Waals surface area contributed by atoms with E-state index in [-0.39, 0.29) is 16.9 Å². The Bertz CT molecular complexity index is 935. The summed E-state index contributed by atoms with van der Waals surface area (Å²) >= 11 is 0. The van der Waals surface area contributed by atoms with Gasteiger partial charge >= 0.3 is 5.69 Å². The van der Waals surface area contributed by atoms with Crippen LogP contribution in [0, 0.1) is 10.1 Å². The highest BCUT2D eigenvalue weighted by molar-refractivity contribution is 5.36. The molecule has 0 atom stereocenters. The largest absolute Gasteiger partial charge is 0.494 e. The third-order valence-electron chi connectivity index (χ3n) is 4.64. The van der Waals surface area contributed by atoms with E-state index in [9.17, 15) is 19.7 Å². The zero-order chi connectivity index (χ0) is 21.4. The molecule has 0 fully saturated rings. The van der Waals surface area contributed by atoms with E-state index >= 15 is 0 Å². The number of anilines is 1. The van der Waals surface area contributed by atoms with Crippen LogP contribution < -0.4 is 21.3 Å². The van der Waals surface area contributed by atoms with Crippen molar-refractivity contribution < 1.29 is 9.66 Å². The van der Waals surface area contributed by atoms with Gasteiger partial charge in [-0.2, -0.15) is 0 Å². The molecule has 158 valence electrons. The average Bonchev–Trinajstić information content (AvgIpc) is 2.72. The number of ether oxygens (including phenoxy) is 1. The maximum atomic E-state index is 11.9. The van der Waals surface area contributed by atoms with Crippen LogP contribution in [-0.4, -0.2) is 51.7 Å². The van der Waals surface area contributed by atoms with E-state index in [0.717, 1.165) is 30.6 Å². The molecule has 2 aromatic rings. The molecule has 0 aliphatic rings. The molecule has 0 radical (unpaired) electrons. The first-order chi connectivity index (χ1) is 13.8. The number of benzene rings is 1. The molecular formula is C19H27N5O5. The number of rotatable bonds is 11. The Morgan fingerprint density at radius 3 is 2.45 bits per heavy atom. The normalized spacial score (nSPS) is 10.9. The number of nitrogens with zero attached hydrogens (tertiary/aromatic N) is 4. The SMILES string of the molecule is CCN(CCCOc1ccc([N+](=O)[O-])cc1)CCNc1cc(=O)n(C)c(=O)n1C. The number of nitro benzene ring substituents is 1. The second-order valence-electron chi connectivity index (χ2n) is 6.58. The number of aromatic nitrogens is 2. The van der Waals surface area contributed by atoms with Crippen LogP contribution in [0.5, 0.6) is 5.75 Å². The van der Waals surface area contributed by atoms with Crippen LogP contribution in [0.1, 0.15) is 13.3 Å². The van der Waals surface area contributed by atoms with Crippen molar-refractivity contribution >= 4 is 11.5 Å². The summed E-state index contributed by atoms with van der Waals surface area (Å²) in [5.41, 5.74) is -0.669. The molecule has 0 saturated heterocycles. The first kappa shape index (κ1) is 22.2. The highest BCUT2D eigenvalue weighted by atomic mass is 16.6. The van der Waals surface area contributed by atoms with Crippen molar-refractivity contribution in [2.75, 3.05) is 38.1 Å². The number of non-ortho nitro benzene ring substituents is 1. The van der Waals surface area contributed by atoms with Gasteiger partial charge in [0.25, 0.3) is 11.2 Å². The fraction of sp³-hybridized carbons (Fsp3) is 0.474. The Morgan fingerprint density at radius 1 is 1.14 bits per heavy atom. The minimum absolute atomic E-state index is 0.0378. The van der Waals surface area contributed by atoms with Crippen molar-refractivity contribution in [1.29, 1.82) is 0 Å². The summed E-state index contributed by atoms with van der Waals surface area (Å²) in [6, 6.07) is 7.44. The summed E-state index contributed by atoms with van der Waals surface area (Å²) in [6.45, 7) is 5.58. The van der Waals surface area contributed by atoms with Crippen molar-refractivity contribution in [3.63, 3.8) is 0 Å².